The van der Waals surface area contributed by atoms with Crippen molar-refractivity contribution in [1.82, 2.24) is 10.3 Å². The third-order valence-electron chi connectivity index (χ3n) is 1.94. The molecule has 0 saturated carbocycles. The highest BCUT2D eigenvalue weighted by atomic mass is 32.1. The maximum atomic E-state index is 5.19. The molecule has 0 atom stereocenters. The summed E-state index contributed by atoms with van der Waals surface area (Å²) in [6, 6.07) is 3.92. The molecule has 4 heteroatoms. The van der Waals surface area contributed by atoms with Gasteiger partial charge in [0.15, 0.2) is 5.11 Å². The summed E-state index contributed by atoms with van der Waals surface area (Å²) in [5.41, 5.74) is 1.38. The van der Waals surface area contributed by atoms with Gasteiger partial charge in [0.2, 0.25) is 0 Å². The van der Waals surface area contributed by atoms with Gasteiger partial charge in [-0.2, -0.15) is 0 Å². The van der Waals surface area contributed by atoms with Crippen molar-refractivity contribution < 1.29 is 0 Å². The summed E-state index contributed by atoms with van der Waals surface area (Å²) in [7, 11) is 0. The highest BCUT2D eigenvalue weighted by Crippen LogP contribution is 2.10. The summed E-state index contributed by atoms with van der Waals surface area (Å²) in [5.74, 6) is 0.784. The Morgan fingerprint density at radius 3 is 2.69 bits per heavy atom. The first kappa shape index (κ1) is 12.9. The van der Waals surface area contributed by atoms with E-state index >= 15 is 0 Å². The normalized spacial score (nSPS) is 11.0. The largest absolute Gasteiger partial charge is 0.362 e. The molecule has 0 radical (unpaired) electrons. The van der Waals surface area contributed by atoms with Gasteiger partial charge in [0.25, 0.3) is 0 Å². The van der Waals surface area contributed by atoms with E-state index in [2.05, 4.69) is 36.4 Å². The van der Waals surface area contributed by atoms with Crippen LogP contribution in [0, 0.1) is 12.3 Å². The van der Waals surface area contributed by atoms with Crippen LogP contribution >= 0.6 is 12.2 Å². The number of aromatic nitrogens is 1. The molecule has 0 unspecified atom stereocenters. The predicted molar refractivity (Wildman–Crippen MR) is 72.7 cm³/mol. The maximum absolute atomic E-state index is 5.19. The lowest BCUT2D eigenvalue weighted by Gasteiger charge is -2.20. The summed E-state index contributed by atoms with van der Waals surface area (Å²) in [6.45, 7) is 9.34. The first-order valence-corrected chi connectivity index (χ1v) is 5.75. The monoisotopic (exact) mass is 237 g/mol. The van der Waals surface area contributed by atoms with Crippen LogP contribution in [0.2, 0.25) is 0 Å². The number of thiocarbonyl (C=S) groups is 1. The first-order chi connectivity index (χ1) is 7.37. The molecule has 1 aromatic heterocycles. The lowest BCUT2D eigenvalue weighted by Crippen LogP contribution is -2.35. The van der Waals surface area contributed by atoms with Gasteiger partial charge in [0.1, 0.15) is 5.82 Å². The Hall–Kier alpha value is -1.16. The summed E-state index contributed by atoms with van der Waals surface area (Å²) in [5, 5.41) is 6.85. The van der Waals surface area contributed by atoms with Gasteiger partial charge in [-0.1, -0.05) is 20.8 Å². The molecule has 0 aromatic carbocycles. The van der Waals surface area contributed by atoms with Crippen LogP contribution < -0.4 is 10.6 Å². The summed E-state index contributed by atoms with van der Waals surface area (Å²) >= 11 is 5.19. The van der Waals surface area contributed by atoms with Gasteiger partial charge < -0.3 is 10.6 Å². The highest BCUT2D eigenvalue weighted by Gasteiger charge is 2.10. The quantitative estimate of drug-likeness (QED) is 0.776. The number of nitrogens with zero attached hydrogens (tertiary/aromatic N) is 1. The summed E-state index contributed by atoms with van der Waals surface area (Å²) < 4.78 is 0. The van der Waals surface area contributed by atoms with E-state index in [0.717, 1.165) is 17.9 Å². The zero-order valence-electron chi connectivity index (χ0n) is 10.3. The van der Waals surface area contributed by atoms with E-state index < -0.39 is 0 Å². The van der Waals surface area contributed by atoms with Crippen LogP contribution in [0.25, 0.3) is 0 Å². The Labute approximate surface area is 103 Å². The molecule has 0 bridgehead atoms. The van der Waals surface area contributed by atoms with Crippen molar-refractivity contribution in [3.8, 4) is 0 Å². The summed E-state index contributed by atoms with van der Waals surface area (Å²) in [6.07, 6.45) is 1.77. The molecule has 3 nitrogen and oxygen atoms in total. The van der Waals surface area contributed by atoms with E-state index in [1.165, 1.54) is 0 Å². The van der Waals surface area contributed by atoms with Crippen LogP contribution in [0.4, 0.5) is 5.82 Å². The molecule has 1 heterocycles. The fourth-order valence-electron chi connectivity index (χ4n) is 1.11. The Balaban J connectivity index is 2.46. The molecule has 0 amide bonds. The molecular weight excluding hydrogens is 218 g/mol. The average Bonchev–Trinajstić information content (AvgIpc) is 2.14. The SMILES string of the molecule is Cc1ccnc(NC(=S)NCC(C)(C)C)c1. The van der Waals surface area contributed by atoms with Crippen LogP contribution in [-0.2, 0) is 0 Å². The fourth-order valence-corrected chi connectivity index (χ4v) is 1.29. The van der Waals surface area contributed by atoms with Crippen molar-refractivity contribution in [3.63, 3.8) is 0 Å². The zero-order chi connectivity index (χ0) is 12.2. The Kier molecular flexibility index (Phi) is 4.24. The predicted octanol–water partition coefficient (Wildman–Crippen LogP) is 2.72. The minimum absolute atomic E-state index is 0.214. The molecular formula is C12H19N3S. The van der Waals surface area contributed by atoms with Crippen LogP contribution in [-0.4, -0.2) is 16.6 Å². The van der Waals surface area contributed by atoms with Crippen molar-refractivity contribution in [3.05, 3.63) is 23.9 Å². The minimum atomic E-state index is 0.214. The number of hydrogen-bond donors (Lipinski definition) is 2. The Morgan fingerprint density at radius 1 is 1.44 bits per heavy atom. The molecule has 0 aliphatic heterocycles. The second-order valence-electron chi connectivity index (χ2n) is 5.09. The first-order valence-electron chi connectivity index (χ1n) is 5.34. The van der Waals surface area contributed by atoms with Gasteiger partial charge in [0, 0.05) is 12.7 Å². The zero-order valence-corrected chi connectivity index (χ0v) is 11.1. The lowest BCUT2D eigenvalue weighted by molar-refractivity contribution is 0.409. The molecule has 1 aromatic rings. The molecule has 16 heavy (non-hydrogen) atoms. The molecule has 0 aliphatic carbocycles. The van der Waals surface area contributed by atoms with E-state index in [4.69, 9.17) is 12.2 Å². The van der Waals surface area contributed by atoms with Crippen LogP contribution in [0.1, 0.15) is 26.3 Å². The van der Waals surface area contributed by atoms with E-state index in [-0.39, 0.29) is 5.41 Å². The van der Waals surface area contributed by atoms with Crippen molar-refractivity contribution in [2.75, 3.05) is 11.9 Å². The van der Waals surface area contributed by atoms with E-state index in [1.807, 2.05) is 19.1 Å². The minimum Gasteiger partial charge on any atom is -0.362 e. The number of pyridine rings is 1. The molecule has 0 saturated heterocycles. The third-order valence-corrected chi connectivity index (χ3v) is 2.18. The molecule has 1 rings (SSSR count). The Morgan fingerprint density at radius 2 is 2.12 bits per heavy atom. The molecule has 0 spiro atoms. The van der Waals surface area contributed by atoms with Crippen molar-refractivity contribution in [2.24, 2.45) is 5.41 Å². The van der Waals surface area contributed by atoms with Gasteiger partial charge in [-0.25, -0.2) is 4.98 Å². The number of aryl methyl sites for hydroxylation is 1. The standard InChI is InChI=1S/C12H19N3S/c1-9-5-6-13-10(7-9)15-11(16)14-8-12(2,3)4/h5-7H,8H2,1-4H3,(H2,13,14,15,16). The molecule has 0 aliphatic rings. The van der Waals surface area contributed by atoms with Crippen molar-refractivity contribution in [1.29, 1.82) is 0 Å². The van der Waals surface area contributed by atoms with Crippen molar-refractivity contribution >= 4 is 23.1 Å². The fraction of sp³-hybridized carbons (Fsp3) is 0.500. The Bertz CT molecular complexity index is 369. The smallest absolute Gasteiger partial charge is 0.171 e. The lowest BCUT2D eigenvalue weighted by atomic mass is 9.97. The van der Waals surface area contributed by atoms with Crippen LogP contribution in [0.5, 0.6) is 0 Å². The number of hydrogen-bond acceptors (Lipinski definition) is 2. The average molecular weight is 237 g/mol. The van der Waals surface area contributed by atoms with E-state index in [0.29, 0.717) is 5.11 Å². The highest BCUT2D eigenvalue weighted by molar-refractivity contribution is 7.80. The second kappa shape index (κ2) is 5.25. The van der Waals surface area contributed by atoms with Gasteiger partial charge in [-0.3, -0.25) is 0 Å². The van der Waals surface area contributed by atoms with Gasteiger partial charge in [-0.15, -0.1) is 0 Å². The van der Waals surface area contributed by atoms with Crippen LogP contribution in [0.3, 0.4) is 0 Å². The number of rotatable bonds is 2. The summed E-state index contributed by atoms with van der Waals surface area (Å²) in [4.78, 5) is 4.19. The molecule has 2 N–H and O–H groups in total. The third kappa shape index (κ3) is 5.07. The van der Waals surface area contributed by atoms with Gasteiger partial charge >= 0.3 is 0 Å². The van der Waals surface area contributed by atoms with Crippen LogP contribution in [0.15, 0.2) is 18.3 Å². The second-order valence-corrected chi connectivity index (χ2v) is 5.50. The topological polar surface area (TPSA) is 37.0 Å². The van der Waals surface area contributed by atoms with E-state index in [1.54, 1.807) is 6.20 Å². The van der Waals surface area contributed by atoms with Crippen molar-refractivity contribution in [2.45, 2.75) is 27.7 Å². The van der Waals surface area contributed by atoms with Gasteiger partial charge in [-0.05, 0) is 42.3 Å². The number of anilines is 1. The van der Waals surface area contributed by atoms with E-state index in [9.17, 15) is 0 Å². The number of nitrogens with one attached hydrogen (secondary N) is 2. The molecule has 88 valence electrons. The molecule has 0 fully saturated rings. The van der Waals surface area contributed by atoms with Gasteiger partial charge in [0.05, 0.1) is 0 Å². The maximum Gasteiger partial charge on any atom is 0.171 e.